The monoisotopic (exact) mass is 325 g/mol. The molecule has 0 spiro atoms. The third-order valence-corrected chi connectivity index (χ3v) is 3.55. The van der Waals surface area contributed by atoms with Crippen molar-refractivity contribution in [2.45, 2.75) is 26.3 Å². The molecular weight excluding hydrogens is 309 g/mol. The molecule has 1 heterocycles. The van der Waals surface area contributed by atoms with Gasteiger partial charge < -0.3 is 5.32 Å². The molecule has 2 aromatic rings. The van der Waals surface area contributed by atoms with E-state index in [4.69, 9.17) is 0 Å². The first-order chi connectivity index (χ1) is 9.16. The highest BCUT2D eigenvalue weighted by Crippen LogP contribution is 2.15. The molecule has 1 aromatic heterocycles. The average molecular weight is 326 g/mol. The summed E-state index contributed by atoms with van der Waals surface area (Å²) in [6.07, 6.45) is 3.86. The van der Waals surface area contributed by atoms with Gasteiger partial charge >= 0.3 is 0 Å². The van der Waals surface area contributed by atoms with Crippen LogP contribution in [0.3, 0.4) is 0 Å². The summed E-state index contributed by atoms with van der Waals surface area (Å²) in [5.41, 5.74) is 3.06. The number of halogens is 2. The Balaban J connectivity index is 1.72. The number of benzene rings is 1. The Hall–Kier alpha value is -1.20. The van der Waals surface area contributed by atoms with Crippen LogP contribution in [0.2, 0.25) is 0 Å². The molecular formula is C14H17BrFN3. The fourth-order valence-electron chi connectivity index (χ4n) is 1.93. The molecule has 0 fully saturated rings. The molecule has 0 aliphatic rings. The molecule has 0 aliphatic carbocycles. The van der Waals surface area contributed by atoms with Crippen LogP contribution in [-0.4, -0.2) is 16.7 Å². The van der Waals surface area contributed by atoms with Crippen LogP contribution in [0.1, 0.15) is 23.2 Å². The Morgan fingerprint density at radius 3 is 2.95 bits per heavy atom. The van der Waals surface area contributed by atoms with Crippen LogP contribution >= 0.6 is 15.9 Å². The van der Waals surface area contributed by atoms with E-state index < -0.39 is 0 Å². The molecule has 2 N–H and O–H groups in total. The smallest absolute Gasteiger partial charge is 0.127 e. The SMILES string of the molecule is Cc1[nH]ncc1CCCNCc1cc(Br)ccc1F. The van der Waals surface area contributed by atoms with E-state index in [0.717, 1.165) is 29.6 Å². The van der Waals surface area contributed by atoms with Gasteiger partial charge in [0.15, 0.2) is 0 Å². The van der Waals surface area contributed by atoms with Crippen molar-refractivity contribution in [2.75, 3.05) is 6.54 Å². The first-order valence-electron chi connectivity index (χ1n) is 6.30. The number of aromatic amines is 1. The summed E-state index contributed by atoms with van der Waals surface area (Å²) in [6, 6.07) is 5.00. The number of hydrogen-bond donors (Lipinski definition) is 2. The highest BCUT2D eigenvalue weighted by atomic mass is 79.9. The summed E-state index contributed by atoms with van der Waals surface area (Å²) in [4.78, 5) is 0. The van der Waals surface area contributed by atoms with Gasteiger partial charge in [-0.2, -0.15) is 5.10 Å². The van der Waals surface area contributed by atoms with Gasteiger partial charge in [-0.1, -0.05) is 15.9 Å². The maximum Gasteiger partial charge on any atom is 0.127 e. The minimum absolute atomic E-state index is 0.165. The van der Waals surface area contributed by atoms with E-state index in [1.807, 2.05) is 19.2 Å². The minimum Gasteiger partial charge on any atom is -0.313 e. The van der Waals surface area contributed by atoms with Crippen LogP contribution in [0.5, 0.6) is 0 Å². The first-order valence-corrected chi connectivity index (χ1v) is 7.09. The minimum atomic E-state index is -0.165. The second-order valence-corrected chi connectivity index (χ2v) is 5.45. The molecule has 0 saturated heterocycles. The van der Waals surface area contributed by atoms with Crippen molar-refractivity contribution in [3.8, 4) is 0 Å². The van der Waals surface area contributed by atoms with E-state index in [1.165, 1.54) is 11.6 Å². The van der Waals surface area contributed by atoms with Gasteiger partial charge in [0.2, 0.25) is 0 Å². The number of aryl methyl sites for hydroxylation is 2. The molecule has 19 heavy (non-hydrogen) atoms. The van der Waals surface area contributed by atoms with E-state index >= 15 is 0 Å². The van der Waals surface area contributed by atoms with E-state index in [9.17, 15) is 4.39 Å². The Morgan fingerprint density at radius 1 is 1.37 bits per heavy atom. The zero-order valence-corrected chi connectivity index (χ0v) is 12.4. The number of aromatic nitrogens is 2. The normalized spacial score (nSPS) is 10.9. The maximum atomic E-state index is 13.5. The second-order valence-electron chi connectivity index (χ2n) is 4.54. The third-order valence-electron chi connectivity index (χ3n) is 3.06. The summed E-state index contributed by atoms with van der Waals surface area (Å²) in [5.74, 6) is -0.165. The van der Waals surface area contributed by atoms with Crippen LogP contribution in [-0.2, 0) is 13.0 Å². The second kappa shape index (κ2) is 6.82. The quantitative estimate of drug-likeness (QED) is 0.800. The lowest BCUT2D eigenvalue weighted by Crippen LogP contribution is -2.16. The van der Waals surface area contributed by atoms with Crippen LogP contribution in [0.4, 0.5) is 4.39 Å². The van der Waals surface area contributed by atoms with Gasteiger partial charge in [-0.25, -0.2) is 4.39 Å². The van der Waals surface area contributed by atoms with Gasteiger partial charge in [0.05, 0.1) is 6.20 Å². The van der Waals surface area contributed by atoms with Crippen LogP contribution in [0.15, 0.2) is 28.9 Å². The van der Waals surface area contributed by atoms with Gasteiger partial charge in [0.25, 0.3) is 0 Å². The molecule has 0 unspecified atom stereocenters. The summed E-state index contributed by atoms with van der Waals surface area (Å²) in [7, 11) is 0. The highest BCUT2D eigenvalue weighted by molar-refractivity contribution is 9.10. The Morgan fingerprint density at radius 2 is 2.21 bits per heavy atom. The number of nitrogens with zero attached hydrogens (tertiary/aromatic N) is 1. The van der Waals surface area contributed by atoms with Gasteiger partial charge in [-0.3, -0.25) is 5.10 Å². The van der Waals surface area contributed by atoms with E-state index in [-0.39, 0.29) is 5.82 Å². The Bertz CT molecular complexity index is 539. The maximum absolute atomic E-state index is 13.5. The van der Waals surface area contributed by atoms with Gasteiger partial charge in [0, 0.05) is 22.3 Å². The topological polar surface area (TPSA) is 40.7 Å². The summed E-state index contributed by atoms with van der Waals surface area (Å²) in [5, 5.41) is 10.2. The molecule has 0 saturated carbocycles. The van der Waals surface area contributed by atoms with E-state index in [0.29, 0.717) is 12.1 Å². The predicted octanol–water partition coefficient (Wildman–Crippen LogP) is 3.34. The van der Waals surface area contributed by atoms with E-state index in [1.54, 1.807) is 6.07 Å². The van der Waals surface area contributed by atoms with Gasteiger partial charge in [0.1, 0.15) is 5.82 Å². The molecule has 0 bridgehead atoms. The van der Waals surface area contributed by atoms with E-state index in [2.05, 4.69) is 31.4 Å². The molecule has 102 valence electrons. The molecule has 0 radical (unpaired) electrons. The molecule has 5 heteroatoms. The Labute approximate surface area is 120 Å². The summed E-state index contributed by atoms with van der Waals surface area (Å²) < 4.78 is 14.4. The van der Waals surface area contributed by atoms with Crippen LogP contribution in [0, 0.1) is 12.7 Å². The highest BCUT2D eigenvalue weighted by Gasteiger charge is 2.03. The van der Waals surface area contributed by atoms with Crippen molar-refractivity contribution in [3.63, 3.8) is 0 Å². The van der Waals surface area contributed by atoms with Crippen LogP contribution < -0.4 is 5.32 Å². The average Bonchev–Trinajstić information content (AvgIpc) is 2.79. The number of nitrogens with one attached hydrogen (secondary N) is 2. The largest absolute Gasteiger partial charge is 0.313 e. The molecule has 0 amide bonds. The Kier molecular flexibility index (Phi) is 5.10. The fourth-order valence-corrected chi connectivity index (χ4v) is 2.34. The zero-order valence-electron chi connectivity index (χ0n) is 10.8. The third kappa shape index (κ3) is 4.14. The lowest BCUT2D eigenvalue weighted by atomic mass is 10.1. The lowest BCUT2D eigenvalue weighted by Gasteiger charge is -2.06. The van der Waals surface area contributed by atoms with Crippen molar-refractivity contribution in [1.82, 2.24) is 15.5 Å². The standard InChI is InChI=1S/C14H17BrFN3/c1-10-11(9-18-19-10)3-2-6-17-8-12-7-13(15)4-5-14(12)16/h4-5,7,9,17H,2-3,6,8H2,1H3,(H,18,19). The van der Waals surface area contributed by atoms with Crippen molar-refractivity contribution < 1.29 is 4.39 Å². The first kappa shape index (κ1) is 14.2. The predicted molar refractivity (Wildman–Crippen MR) is 77.5 cm³/mol. The molecule has 0 atom stereocenters. The molecule has 0 aliphatic heterocycles. The lowest BCUT2D eigenvalue weighted by molar-refractivity contribution is 0.581. The number of H-pyrrole nitrogens is 1. The molecule has 2 rings (SSSR count). The number of hydrogen-bond acceptors (Lipinski definition) is 2. The summed E-state index contributed by atoms with van der Waals surface area (Å²) >= 11 is 3.35. The van der Waals surface area contributed by atoms with Crippen molar-refractivity contribution in [3.05, 3.63) is 51.5 Å². The molecule has 1 aromatic carbocycles. The van der Waals surface area contributed by atoms with Crippen molar-refractivity contribution >= 4 is 15.9 Å². The zero-order chi connectivity index (χ0) is 13.7. The van der Waals surface area contributed by atoms with Crippen molar-refractivity contribution in [2.24, 2.45) is 0 Å². The number of rotatable bonds is 6. The fraction of sp³-hybridized carbons (Fsp3) is 0.357. The van der Waals surface area contributed by atoms with Crippen molar-refractivity contribution in [1.29, 1.82) is 0 Å². The summed E-state index contributed by atoms with van der Waals surface area (Å²) in [6.45, 7) is 3.43. The van der Waals surface area contributed by atoms with Gasteiger partial charge in [-0.05, 0) is 50.1 Å². The van der Waals surface area contributed by atoms with Gasteiger partial charge in [-0.15, -0.1) is 0 Å². The molecule has 3 nitrogen and oxygen atoms in total. The van der Waals surface area contributed by atoms with Crippen LogP contribution in [0.25, 0.3) is 0 Å².